The summed E-state index contributed by atoms with van der Waals surface area (Å²) in [6, 6.07) is 13.7. The van der Waals surface area contributed by atoms with Crippen LogP contribution in [-0.4, -0.2) is 23.5 Å². The van der Waals surface area contributed by atoms with Crippen LogP contribution in [0.3, 0.4) is 0 Å². The number of aliphatic hydroxyl groups is 1. The van der Waals surface area contributed by atoms with Crippen molar-refractivity contribution in [3.63, 3.8) is 0 Å². The topological polar surface area (TPSA) is 63.6 Å². The van der Waals surface area contributed by atoms with Gasteiger partial charge in [-0.3, -0.25) is 4.79 Å². The number of rotatable bonds is 6. The molecule has 4 heteroatoms. The molecular weight excluding hydrogens is 292 g/mol. The summed E-state index contributed by atoms with van der Waals surface area (Å²) < 4.78 is 5.04. The fraction of sp³-hybridized carbons (Fsp3) is 0.263. The molecule has 23 heavy (non-hydrogen) atoms. The lowest BCUT2D eigenvalue weighted by atomic mass is 10.0. The van der Waals surface area contributed by atoms with Crippen molar-refractivity contribution in [1.82, 2.24) is 0 Å². The van der Waals surface area contributed by atoms with Crippen molar-refractivity contribution in [2.45, 2.75) is 26.4 Å². The van der Waals surface area contributed by atoms with Crippen LogP contribution in [0.1, 0.15) is 51.6 Å². The van der Waals surface area contributed by atoms with Gasteiger partial charge in [-0.2, -0.15) is 0 Å². The standard InChI is InChI=1S/C19H20O4/c1-13(2)15-7-9-16(10-8-15)18(21)12-23-19(22)17-5-3-14(11-20)4-6-17/h3-10,13,20H,11-12H2,1-2H3. The molecule has 0 radical (unpaired) electrons. The molecule has 120 valence electrons. The Morgan fingerprint density at radius 1 is 0.957 bits per heavy atom. The second kappa shape index (κ2) is 7.70. The maximum absolute atomic E-state index is 12.1. The predicted octanol–water partition coefficient (Wildman–Crippen LogP) is 3.34. The minimum atomic E-state index is -0.554. The van der Waals surface area contributed by atoms with Crippen molar-refractivity contribution in [1.29, 1.82) is 0 Å². The number of Topliss-reactive ketones (excluding diaryl/α,β-unsaturated/α-hetero) is 1. The number of ether oxygens (including phenoxy) is 1. The zero-order chi connectivity index (χ0) is 16.8. The Labute approximate surface area is 135 Å². The van der Waals surface area contributed by atoms with Crippen molar-refractivity contribution in [2.24, 2.45) is 0 Å². The molecule has 0 fully saturated rings. The average Bonchev–Trinajstić information content (AvgIpc) is 2.59. The minimum Gasteiger partial charge on any atom is -0.454 e. The normalized spacial score (nSPS) is 10.6. The molecule has 0 bridgehead atoms. The van der Waals surface area contributed by atoms with Crippen LogP contribution < -0.4 is 0 Å². The molecule has 2 aromatic carbocycles. The molecule has 0 unspecified atom stereocenters. The third kappa shape index (κ3) is 4.50. The lowest BCUT2D eigenvalue weighted by Crippen LogP contribution is -2.14. The Hall–Kier alpha value is -2.46. The number of esters is 1. The lowest BCUT2D eigenvalue weighted by molar-refractivity contribution is 0.0474. The fourth-order valence-corrected chi connectivity index (χ4v) is 2.10. The largest absolute Gasteiger partial charge is 0.454 e. The fourth-order valence-electron chi connectivity index (χ4n) is 2.10. The van der Waals surface area contributed by atoms with E-state index in [1.165, 1.54) is 0 Å². The van der Waals surface area contributed by atoms with Gasteiger partial charge in [0.1, 0.15) is 0 Å². The van der Waals surface area contributed by atoms with Crippen LogP contribution in [0.25, 0.3) is 0 Å². The van der Waals surface area contributed by atoms with E-state index in [-0.39, 0.29) is 19.0 Å². The van der Waals surface area contributed by atoms with E-state index in [0.29, 0.717) is 22.6 Å². The van der Waals surface area contributed by atoms with Crippen LogP contribution >= 0.6 is 0 Å². The zero-order valence-corrected chi connectivity index (χ0v) is 13.3. The zero-order valence-electron chi connectivity index (χ0n) is 13.3. The summed E-state index contributed by atoms with van der Waals surface area (Å²) in [6.07, 6.45) is 0. The Balaban J connectivity index is 1.93. The second-order valence-corrected chi connectivity index (χ2v) is 5.63. The monoisotopic (exact) mass is 312 g/mol. The number of hydrogen-bond acceptors (Lipinski definition) is 4. The van der Waals surface area contributed by atoms with Gasteiger partial charge in [0, 0.05) is 5.56 Å². The molecular formula is C19H20O4. The highest BCUT2D eigenvalue weighted by Crippen LogP contribution is 2.15. The van der Waals surface area contributed by atoms with Crippen LogP contribution in [0.5, 0.6) is 0 Å². The Bertz CT molecular complexity index is 670. The summed E-state index contributed by atoms with van der Waals surface area (Å²) in [4.78, 5) is 23.9. The molecule has 0 spiro atoms. The third-order valence-corrected chi connectivity index (χ3v) is 3.61. The molecule has 0 heterocycles. The number of aliphatic hydroxyl groups excluding tert-OH is 1. The number of ketones is 1. The number of carbonyl (C=O) groups is 2. The first-order valence-corrected chi connectivity index (χ1v) is 7.51. The Morgan fingerprint density at radius 3 is 2.04 bits per heavy atom. The highest BCUT2D eigenvalue weighted by Gasteiger charge is 2.12. The van der Waals surface area contributed by atoms with E-state index in [1.54, 1.807) is 36.4 Å². The predicted molar refractivity (Wildman–Crippen MR) is 87.5 cm³/mol. The van der Waals surface area contributed by atoms with E-state index in [4.69, 9.17) is 9.84 Å². The van der Waals surface area contributed by atoms with E-state index >= 15 is 0 Å². The van der Waals surface area contributed by atoms with Crippen molar-refractivity contribution in [3.8, 4) is 0 Å². The van der Waals surface area contributed by atoms with Gasteiger partial charge in [-0.1, -0.05) is 50.2 Å². The molecule has 0 amide bonds. The second-order valence-electron chi connectivity index (χ2n) is 5.63. The highest BCUT2D eigenvalue weighted by molar-refractivity contribution is 5.99. The van der Waals surface area contributed by atoms with Gasteiger partial charge in [-0.05, 0) is 29.2 Å². The molecule has 0 aromatic heterocycles. The summed E-state index contributed by atoms with van der Waals surface area (Å²) >= 11 is 0. The molecule has 4 nitrogen and oxygen atoms in total. The van der Waals surface area contributed by atoms with Crippen molar-refractivity contribution in [2.75, 3.05) is 6.61 Å². The van der Waals surface area contributed by atoms with Crippen molar-refractivity contribution in [3.05, 3.63) is 70.8 Å². The molecule has 0 atom stereocenters. The molecule has 0 saturated heterocycles. The van der Waals surface area contributed by atoms with E-state index in [1.807, 2.05) is 12.1 Å². The molecule has 0 aliphatic heterocycles. The highest BCUT2D eigenvalue weighted by atomic mass is 16.5. The first-order chi connectivity index (χ1) is 11.0. The van der Waals surface area contributed by atoms with Crippen LogP contribution in [0.4, 0.5) is 0 Å². The third-order valence-electron chi connectivity index (χ3n) is 3.61. The van der Waals surface area contributed by atoms with Gasteiger partial charge in [0.25, 0.3) is 0 Å². The lowest BCUT2D eigenvalue weighted by Gasteiger charge is -2.07. The number of carbonyl (C=O) groups excluding carboxylic acids is 2. The number of hydrogen-bond donors (Lipinski definition) is 1. The quantitative estimate of drug-likeness (QED) is 0.656. The van der Waals surface area contributed by atoms with Gasteiger partial charge in [0.05, 0.1) is 12.2 Å². The molecule has 2 aromatic rings. The summed E-state index contributed by atoms with van der Waals surface area (Å²) in [5.41, 5.74) is 2.74. The molecule has 0 aliphatic rings. The van der Waals surface area contributed by atoms with E-state index < -0.39 is 5.97 Å². The Kier molecular flexibility index (Phi) is 5.66. The first-order valence-electron chi connectivity index (χ1n) is 7.51. The van der Waals surface area contributed by atoms with Gasteiger partial charge in [0.2, 0.25) is 0 Å². The van der Waals surface area contributed by atoms with Crippen molar-refractivity contribution >= 4 is 11.8 Å². The number of benzene rings is 2. The molecule has 1 N–H and O–H groups in total. The molecule has 2 rings (SSSR count). The average molecular weight is 312 g/mol. The van der Waals surface area contributed by atoms with Crippen LogP contribution in [0, 0.1) is 0 Å². The summed E-state index contributed by atoms with van der Waals surface area (Å²) in [7, 11) is 0. The van der Waals surface area contributed by atoms with Crippen LogP contribution in [0.15, 0.2) is 48.5 Å². The van der Waals surface area contributed by atoms with Crippen molar-refractivity contribution < 1.29 is 19.4 Å². The SMILES string of the molecule is CC(C)c1ccc(C(=O)COC(=O)c2ccc(CO)cc2)cc1. The Morgan fingerprint density at radius 2 is 1.52 bits per heavy atom. The minimum absolute atomic E-state index is 0.0831. The first kappa shape index (κ1) is 16.9. The van der Waals surface area contributed by atoms with Gasteiger partial charge in [0.15, 0.2) is 12.4 Å². The van der Waals surface area contributed by atoms with Gasteiger partial charge < -0.3 is 9.84 Å². The van der Waals surface area contributed by atoms with E-state index in [9.17, 15) is 9.59 Å². The van der Waals surface area contributed by atoms with Crippen LogP contribution in [-0.2, 0) is 11.3 Å². The van der Waals surface area contributed by atoms with Gasteiger partial charge >= 0.3 is 5.97 Å². The van der Waals surface area contributed by atoms with Gasteiger partial charge in [-0.15, -0.1) is 0 Å². The van der Waals surface area contributed by atoms with Crippen LogP contribution in [0.2, 0.25) is 0 Å². The summed E-state index contributed by atoms with van der Waals surface area (Å²) in [6.45, 7) is 3.79. The molecule has 0 aliphatic carbocycles. The molecule has 0 saturated carbocycles. The summed E-state index contributed by atoms with van der Waals surface area (Å²) in [5, 5.41) is 8.96. The van der Waals surface area contributed by atoms with Gasteiger partial charge in [-0.25, -0.2) is 4.79 Å². The van der Waals surface area contributed by atoms with E-state index in [2.05, 4.69) is 13.8 Å². The summed E-state index contributed by atoms with van der Waals surface area (Å²) in [5.74, 6) is -0.388. The maximum Gasteiger partial charge on any atom is 0.338 e. The van der Waals surface area contributed by atoms with E-state index in [0.717, 1.165) is 5.56 Å². The maximum atomic E-state index is 12.1. The smallest absolute Gasteiger partial charge is 0.338 e.